The van der Waals surface area contributed by atoms with Crippen LogP contribution in [0.2, 0.25) is 0 Å². The summed E-state index contributed by atoms with van der Waals surface area (Å²) in [6.07, 6.45) is 1.61. The summed E-state index contributed by atoms with van der Waals surface area (Å²) in [5.74, 6) is 0.356. The molecule has 4 nitrogen and oxygen atoms in total. The van der Waals surface area contributed by atoms with E-state index in [1.165, 1.54) is 0 Å². The largest absolute Gasteiger partial charge is 0.468 e. The molecule has 0 amide bonds. The highest BCUT2D eigenvalue weighted by Crippen LogP contribution is 2.13. The fraction of sp³-hybridized carbons (Fsp3) is 0.105. The zero-order valence-electron chi connectivity index (χ0n) is 12.6. The van der Waals surface area contributed by atoms with Gasteiger partial charge in [-0.3, -0.25) is 0 Å². The van der Waals surface area contributed by atoms with Crippen molar-refractivity contribution in [2.75, 3.05) is 0 Å². The lowest BCUT2D eigenvalue weighted by Crippen LogP contribution is -2.26. The van der Waals surface area contributed by atoms with Crippen molar-refractivity contribution in [3.63, 3.8) is 0 Å². The number of rotatable bonds is 6. The Hall–Kier alpha value is -2.85. The van der Waals surface area contributed by atoms with E-state index in [1.54, 1.807) is 23.5 Å². The summed E-state index contributed by atoms with van der Waals surface area (Å²) in [5.41, 5.74) is 1.57. The van der Waals surface area contributed by atoms with Crippen LogP contribution in [0.15, 0.2) is 83.5 Å². The van der Waals surface area contributed by atoms with Gasteiger partial charge in [0.25, 0.3) is 0 Å². The van der Waals surface area contributed by atoms with Gasteiger partial charge in [-0.15, -0.1) is 5.06 Å². The van der Waals surface area contributed by atoms with Crippen LogP contribution in [0.25, 0.3) is 0 Å². The highest BCUT2D eigenvalue weighted by Gasteiger charge is 2.16. The molecule has 0 radical (unpaired) electrons. The van der Waals surface area contributed by atoms with Crippen LogP contribution in [0, 0.1) is 0 Å². The van der Waals surface area contributed by atoms with Gasteiger partial charge in [0.15, 0.2) is 0 Å². The molecule has 1 heterocycles. The molecule has 1 aromatic heterocycles. The van der Waals surface area contributed by atoms with Crippen molar-refractivity contribution >= 4 is 5.97 Å². The molecule has 116 valence electrons. The first-order valence-electron chi connectivity index (χ1n) is 7.40. The number of hydrogen-bond donors (Lipinski definition) is 0. The Bertz CT molecular complexity index is 724. The van der Waals surface area contributed by atoms with Gasteiger partial charge >= 0.3 is 5.97 Å². The minimum Gasteiger partial charge on any atom is -0.468 e. The maximum absolute atomic E-state index is 12.3. The number of carbonyl (C=O) groups excluding carboxylic acids is 1. The third-order valence-electron chi connectivity index (χ3n) is 3.34. The lowest BCUT2D eigenvalue weighted by Gasteiger charge is -2.20. The Morgan fingerprint density at radius 1 is 0.870 bits per heavy atom. The fourth-order valence-electron chi connectivity index (χ4n) is 2.23. The van der Waals surface area contributed by atoms with Crippen molar-refractivity contribution < 1.29 is 14.0 Å². The molecule has 0 N–H and O–H groups in total. The minimum atomic E-state index is -0.381. The van der Waals surface area contributed by atoms with Crippen molar-refractivity contribution in [1.82, 2.24) is 5.06 Å². The molecule has 0 aliphatic rings. The molecule has 3 aromatic rings. The zero-order chi connectivity index (χ0) is 15.9. The highest BCUT2D eigenvalue weighted by molar-refractivity contribution is 5.89. The van der Waals surface area contributed by atoms with Gasteiger partial charge < -0.3 is 9.25 Å². The Balaban J connectivity index is 1.73. The van der Waals surface area contributed by atoms with E-state index in [9.17, 15) is 4.79 Å². The van der Waals surface area contributed by atoms with Crippen LogP contribution < -0.4 is 0 Å². The second-order valence-electron chi connectivity index (χ2n) is 5.11. The second-order valence-corrected chi connectivity index (χ2v) is 5.11. The molecule has 0 atom stereocenters. The molecule has 4 heteroatoms. The number of hydroxylamine groups is 2. The van der Waals surface area contributed by atoms with Crippen molar-refractivity contribution in [3.8, 4) is 0 Å². The maximum atomic E-state index is 12.3. The number of nitrogens with zero attached hydrogens (tertiary/aromatic N) is 1. The SMILES string of the molecule is O=C(ON(Cc1ccccc1)Cc1ccco1)c1ccccc1. The van der Waals surface area contributed by atoms with Crippen molar-refractivity contribution in [1.29, 1.82) is 0 Å². The summed E-state index contributed by atoms with van der Waals surface area (Å²) in [6, 6.07) is 22.5. The van der Waals surface area contributed by atoms with Crippen LogP contribution in [-0.4, -0.2) is 11.0 Å². The van der Waals surface area contributed by atoms with Crippen molar-refractivity contribution in [2.45, 2.75) is 13.1 Å². The normalized spacial score (nSPS) is 10.7. The topological polar surface area (TPSA) is 42.7 Å². The van der Waals surface area contributed by atoms with Crippen LogP contribution >= 0.6 is 0 Å². The Morgan fingerprint density at radius 3 is 2.22 bits per heavy atom. The van der Waals surface area contributed by atoms with E-state index < -0.39 is 0 Å². The van der Waals surface area contributed by atoms with Gasteiger partial charge in [0.2, 0.25) is 0 Å². The lowest BCUT2D eigenvalue weighted by atomic mass is 10.2. The van der Waals surface area contributed by atoms with E-state index in [0.717, 1.165) is 11.3 Å². The van der Waals surface area contributed by atoms with Crippen LogP contribution in [-0.2, 0) is 17.9 Å². The van der Waals surface area contributed by atoms with Gasteiger partial charge in [-0.2, -0.15) is 0 Å². The second kappa shape index (κ2) is 7.42. The summed E-state index contributed by atoms with van der Waals surface area (Å²) in [4.78, 5) is 17.8. The molecule has 0 bridgehead atoms. The minimum absolute atomic E-state index is 0.381. The van der Waals surface area contributed by atoms with E-state index in [0.29, 0.717) is 18.7 Å². The average Bonchev–Trinajstić information content (AvgIpc) is 3.09. The zero-order valence-corrected chi connectivity index (χ0v) is 12.6. The third-order valence-corrected chi connectivity index (χ3v) is 3.34. The molecule has 2 aromatic carbocycles. The standard InChI is InChI=1S/C19H17NO3/c21-19(17-10-5-2-6-11-17)23-20(15-18-12-7-13-22-18)14-16-8-3-1-4-9-16/h1-13H,14-15H2. The summed E-state index contributed by atoms with van der Waals surface area (Å²) < 4.78 is 5.36. The molecule has 3 rings (SSSR count). The molecular formula is C19H17NO3. The Kier molecular flexibility index (Phi) is 4.86. The predicted molar refractivity (Wildman–Crippen MR) is 86.3 cm³/mol. The van der Waals surface area contributed by atoms with E-state index >= 15 is 0 Å². The monoisotopic (exact) mass is 307 g/mol. The van der Waals surface area contributed by atoms with Crippen LogP contribution in [0.4, 0.5) is 0 Å². The molecule has 0 saturated carbocycles. The van der Waals surface area contributed by atoms with E-state index in [4.69, 9.17) is 9.25 Å². The number of furan rings is 1. The number of benzene rings is 2. The average molecular weight is 307 g/mol. The van der Waals surface area contributed by atoms with Gasteiger partial charge in [-0.1, -0.05) is 48.5 Å². The van der Waals surface area contributed by atoms with Crippen molar-refractivity contribution in [2.24, 2.45) is 0 Å². The quantitative estimate of drug-likeness (QED) is 0.644. The van der Waals surface area contributed by atoms with Gasteiger partial charge in [-0.25, -0.2) is 4.79 Å². The van der Waals surface area contributed by atoms with Gasteiger partial charge in [0.05, 0.1) is 24.9 Å². The van der Waals surface area contributed by atoms with E-state index in [-0.39, 0.29) is 5.97 Å². The number of hydrogen-bond acceptors (Lipinski definition) is 4. The highest BCUT2D eigenvalue weighted by atomic mass is 16.7. The number of carbonyl (C=O) groups is 1. The van der Waals surface area contributed by atoms with Gasteiger partial charge in [-0.05, 0) is 29.8 Å². The molecule has 0 aliphatic heterocycles. The van der Waals surface area contributed by atoms with Gasteiger partial charge in [0.1, 0.15) is 5.76 Å². The molecule has 23 heavy (non-hydrogen) atoms. The summed E-state index contributed by atoms with van der Waals surface area (Å²) in [6.45, 7) is 0.876. The van der Waals surface area contributed by atoms with Crippen LogP contribution in [0.3, 0.4) is 0 Å². The molecule has 0 fully saturated rings. The smallest absolute Gasteiger partial charge is 0.357 e. The molecule has 0 aliphatic carbocycles. The summed E-state index contributed by atoms with van der Waals surface area (Å²) >= 11 is 0. The first-order chi connectivity index (χ1) is 11.3. The summed E-state index contributed by atoms with van der Waals surface area (Å²) in [5, 5.41) is 1.60. The third kappa shape index (κ3) is 4.31. The van der Waals surface area contributed by atoms with E-state index in [2.05, 4.69) is 0 Å². The summed E-state index contributed by atoms with van der Waals surface area (Å²) in [7, 11) is 0. The first kappa shape index (κ1) is 15.1. The maximum Gasteiger partial charge on any atom is 0.357 e. The van der Waals surface area contributed by atoms with E-state index in [1.807, 2.05) is 60.7 Å². The molecule has 0 saturated heterocycles. The first-order valence-corrected chi connectivity index (χ1v) is 7.40. The molecular weight excluding hydrogens is 290 g/mol. The fourth-order valence-corrected chi connectivity index (χ4v) is 2.23. The van der Waals surface area contributed by atoms with Crippen molar-refractivity contribution in [3.05, 3.63) is 95.9 Å². The lowest BCUT2D eigenvalue weighted by molar-refractivity contribution is -0.126. The molecule has 0 spiro atoms. The van der Waals surface area contributed by atoms with Crippen LogP contribution in [0.1, 0.15) is 21.7 Å². The van der Waals surface area contributed by atoms with Crippen LogP contribution in [0.5, 0.6) is 0 Å². The van der Waals surface area contributed by atoms with Gasteiger partial charge in [0, 0.05) is 0 Å². The predicted octanol–water partition coefficient (Wildman–Crippen LogP) is 4.05. The Morgan fingerprint density at radius 2 is 1.57 bits per heavy atom. The molecule has 0 unspecified atom stereocenters. The Labute approximate surface area is 134 Å².